The summed E-state index contributed by atoms with van der Waals surface area (Å²) in [5.74, 6) is 0.376. The molecule has 2 N–H and O–H groups in total. The first kappa shape index (κ1) is 21.9. The third-order valence-corrected chi connectivity index (χ3v) is 4.11. The van der Waals surface area contributed by atoms with Gasteiger partial charge in [0.05, 0.1) is 18.2 Å². The van der Waals surface area contributed by atoms with E-state index in [1.54, 1.807) is 42.5 Å². The number of hydrazine groups is 1. The molecule has 0 saturated carbocycles. The number of hydrogen-bond donors (Lipinski definition) is 2. The second-order valence-corrected chi connectivity index (χ2v) is 6.75. The van der Waals surface area contributed by atoms with Crippen molar-refractivity contribution < 1.29 is 19.1 Å². The molecule has 0 bridgehead atoms. The van der Waals surface area contributed by atoms with Gasteiger partial charge in [-0.1, -0.05) is 36.2 Å². The van der Waals surface area contributed by atoms with Crippen molar-refractivity contribution in [3.05, 3.63) is 58.1 Å². The lowest BCUT2D eigenvalue weighted by Crippen LogP contribution is -2.41. The van der Waals surface area contributed by atoms with Crippen LogP contribution in [0.15, 0.2) is 42.5 Å². The number of nitrogens with one attached hydrogen (secondary N) is 2. The average Bonchev–Trinajstić information content (AvgIpc) is 2.69. The van der Waals surface area contributed by atoms with Gasteiger partial charge in [-0.15, -0.1) is 0 Å². The van der Waals surface area contributed by atoms with Crippen LogP contribution in [-0.4, -0.2) is 25.0 Å². The predicted octanol–water partition coefficient (Wildman–Crippen LogP) is 4.40. The molecule has 2 aromatic carbocycles. The van der Waals surface area contributed by atoms with Gasteiger partial charge in [-0.2, -0.15) is 0 Å². The molecule has 0 aromatic heterocycles. The molecule has 0 saturated heterocycles. The molecule has 150 valence electrons. The minimum Gasteiger partial charge on any atom is -0.494 e. The molecule has 0 spiro atoms. The van der Waals surface area contributed by atoms with Crippen molar-refractivity contribution in [3.8, 4) is 11.5 Å². The Bertz CT molecular complexity index is 815. The summed E-state index contributed by atoms with van der Waals surface area (Å²) in [4.78, 5) is 24.0. The van der Waals surface area contributed by atoms with E-state index in [-0.39, 0.29) is 12.3 Å². The quantitative estimate of drug-likeness (QED) is 0.461. The summed E-state index contributed by atoms with van der Waals surface area (Å²) >= 11 is 11.8. The van der Waals surface area contributed by atoms with Crippen LogP contribution in [0.1, 0.15) is 36.5 Å². The van der Waals surface area contributed by atoms with Crippen LogP contribution in [0.4, 0.5) is 0 Å². The van der Waals surface area contributed by atoms with Gasteiger partial charge < -0.3 is 9.47 Å². The number of ether oxygens (including phenoxy) is 2. The molecule has 0 radical (unpaired) electrons. The molecule has 2 rings (SSSR count). The minimum absolute atomic E-state index is 0.186. The fourth-order valence-electron chi connectivity index (χ4n) is 2.22. The number of benzene rings is 2. The molecule has 6 nitrogen and oxygen atoms in total. The Morgan fingerprint density at radius 1 is 1.00 bits per heavy atom. The molecule has 2 amide bonds. The molecule has 0 aliphatic carbocycles. The number of hydrogen-bond acceptors (Lipinski definition) is 4. The maximum Gasteiger partial charge on any atom is 0.269 e. The Labute approximate surface area is 174 Å². The van der Waals surface area contributed by atoms with Gasteiger partial charge in [0.15, 0.2) is 0 Å². The number of halogens is 2. The van der Waals surface area contributed by atoms with Gasteiger partial charge in [-0.05, 0) is 49.2 Å². The van der Waals surface area contributed by atoms with Gasteiger partial charge in [0.2, 0.25) is 5.91 Å². The van der Waals surface area contributed by atoms with Crippen molar-refractivity contribution in [2.75, 3.05) is 13.2 Å². The molecule has 2 aromatic rings. The lowest BCUT2D eigenvalue weighted by molar-refractivity contribution is -0.122. The summed E-state index contributed by atoms with van der Waals surface area (Å²) in [6.45, 7) is 2.88. The van der Waals surface area contributed by atoms with E-state index < -0.39 is 5.91 Å². The predicted molar refractivity (Wildman–Crippen MR) is 109 cm³/mol. The topological polar surface area (TPSA) is 76.7 Å². The number of amides is 2. The lowest BCUT2D eigenvalue weighted by Gasteiger charge is -2.10. The van der Waals surface area contributed by atoms with Gasteiger partial charge in [-0.25, -0.2) is 0 Å². The molecule has 0 atom stereocenters. The van der Waals surface area contributed by atoms with E-state index in [9.17, 15) is 9.59 Å². The van der Waals surface area contributed by atoms with Crippen molar-refractivity contribution in [3.63, 3.8) is 0 Å². The Morgan fingerprint density at radius 3 is 2.57 bits per heavy atom. The zero-order valence-corrected chi connectivity index (χ0v) is 17.0. The van der Waals surface area contributed by atoms with Gasteiger partial charge in [0, 0.05) is 17.0 Å². The lowest BCUT2D eigenvalue weighted by atomic mass is 10.2. The van der Waals surface area contributed by atoms with Crippen molar-refractivity contribution in [1.82, 2.24) is 10.9 Å². The van der Waals surface area contributed by atoms with Crippen LogP contribution in [0.25, 0.3) is 0 Å². The second-order valence-electron chi connectivity index (χ2n) is 5.91. The van der Waals surface area contributed by atoms with Crippen LogP contribution in [0.3, 0.4) is 0 Å². The molecule has 8 heteroatoms. The first-order valence-corrected chi connectivity index (χ1v) is 9.65. The highest BCUT2D eigenvalue weighted by atomic mass is 35.5. The molecular formula is C20H22Cl2N2O4. The van der Waals surface area contributed by atoms with Crippen LogP contribution < -0.4 is 20.3 Å². The summed E-state index contributed by atoms with van der Waals surface area (Å²) in [5, 5.41) is 0.935. The fourth-order valence-corrected chi connectivity index (χ4v) is 2.68. The van der Waals surface area contributed by atoms with E-state index in [1.807, 2.05) is 6.92 Å². The number of carbonyl (C=O) groups excluding carboxylic acids is 2. The highest BCUT2D eigenvalue weighted by molar-refractivity contribution is 6.35. The first-order chi connectivity index (χ1) is 13.5. The highest BCUT2D eigenvalue weighted by Crippen LogP contribution is 2.27. The van der Waals surface area contributed by atoms with Crippen molar-refractivity contribution in [2.24, 2.45) is 0 Å². The maximum absolute atomic E-state index is 12.1. The minimum atomic E-state index is -0.417. The zero-order valence-electron chi connectivity index (χ0n) is 15.5. The van der Waals surface area contributed by atoms with Crippen LogP contribution in [0.5, 0.6) is 11.5 Å². The normalized spacial score (nSPS) is 10.2. The Balaban J connectivity index is 1.69. The monoisotopic (exact) mass is 424 g/mol. The van der Waals surface area contributed by atoms with Crippen LogP contribution >= 0.6 is 23.2 Å². The van der Waals surface area contributed by atoms with E-state index in [4.69, 9.17) is 32.7 Å². The smallest absolute Gasteiger partial charge is 0.269 e. The molecule has 0 aliphatic rings. The molecular weight excluding hydrogens is 403 g/mol. The number of carbonyl (C=O) groups is 2. The van der Waals surface area contributed by atoms with Crippen LogP contribution in [-0.2, 0) is 4.79 Å². The largest absolute Gasteiger partial charge is 0.494 e. The third kappa shape index (κ3) is 7.29. The third-order valence-electron chi connectivity index (χ3n) is 3.58. The van der Waals surface area contributed by atoms with E-state index >= 15 is 0 Å². The van der Waals surface area contributed by atoms with E-state index in [0.717, 1.165) is 6.42 Å². The van der Waals surface area contributed by atoms with Crippen molar-refractivity contribution in [1.29, 1.82) is 0 Å². The Morgan fingerprint density at radius 2 is 1.82 bits per heavy atom. The van der Waals surface area contributed by atoms with Gasteiger partial charge in [0.25, 0.3) is 5.91 Å². The van der Waals surface area contributed by atoms with E-state index in [1.165, 1.54) is 0 Å². The summed E-state index contributed by atoms with van der Waals surface area (Å²) < 4.78 is 11.0. The van der Waals surface area contributed by atoms with Gasteiger partial charge in [-0.3, -0.25) is 20.4 Å². The van der Waals surface area contributed by atoms with Crippen molar-refractivity contribution >= 4 is 35.0 Å². The Hall–Kier alpha value is -2.44. The van der Waals surface area contributed by atoms with Crippen molar-refractivity contribution in [2.45, 2.75) is 26.2 Å². The SMILES string of the molecule is CCCOc1cccc(C(=O)NNC(=O)CCCOc2ccc(Cl)cc2Cl)c1. The van der Waals surface area contributed by atoms with E-state index in [2.05, 4.69) is 10.9 Å². The maximum atomic E-state index is 12.1. The van der Waals surface area contributed by atoms with Crippen LogP contribution in [0.2, 0.25) is 10.0 Å². The molecule has 0 fully saturated rings. The summed E-state index contributed by atoms with van der Waals surface area (Å²) in [6, 6.07) is 11.7. The molecule has 0 heterocycles. The van der Waals surface area contributed by atoms with Crippen LogP contribution in [0, 0.1) is 0 Å². The second kappa shape index (κ2) is 11.4. The van der Waals surface area contributed by atoms with E-state index in [0.29, 0.717) is 46.7 Å². The highest BCUT2D eigenvalue weighted by Gasteiger charge is 2.09. The van der Waals surface area contributed by atoms with Gasteiger partial charge >= 0.3 is 0 Å². The fraction of sp³-hybridized carbons (Fsp3) is 0.300. The Kier molecular flexibility index (Phi) is 8.91. The molecule has 0 aliphatic heterocycles. The van der Waals surface area contributed by atoms with Gasteiger partial charge in [0.1, 0.15) is 11.5 Å². The summed E-state index contributed by atoms with van der Waals surface area (Å²) in [6.07, 6.45) is 1.52. The standard InChI is InChI=1S/C20H22Cl2N2O4/c1-2-10-27-16-6-3-5-14(12-16)20(26)24-23-19(25)7-4-11-28-18-9-8-15(21)13-17(18)22/h3,5-6,8-9,12-13H,2,4,7,10-11H2,1H3,(H,23,25)(H,24,26). The summed E-state index contributed by atoms with van der Waals surface area (Å²) in [5.41, 5.74) is 5.17. The zero-order chi connectivity index (χ0) is 20.4. The average molecular weight is 425 g/mol. The summed E-state index contributed by atoms with van der Waals surface area (Å²) in [7, 11) is 0. The first-order valence-electron chi connectivity index (χ1n) is 8.89. The number of rotatable bonds is 9. The molecule has 28 heavy (non-hydrogen) atoms. The molecule has 0 unspecified atom stereocenters.